The number of hydrogen-bond donors (Lipinski definition) is 1. The van der Waals surface area contributed by atoms with Gasteiger partial charge in [-0.05, 0) is 28.1 Å². The average molecular weight is 285 g/mol. The molecular formula is C10H6BrFN2O2. The van der Waals surface area contributed by atoms with Gasteiger partial charge in [0.05, 0.1) is 11.9 Å². The van der Waals surface area contributed by atoms with Gasteiger partial charge in [-0.15, -0.1) is 0 Å². The highest BCUT2D eigenvalue weighted by molar-refractivity contribution is 9.10. The molecule has 0 saturated carbocycles. The predicted octanol–water partition coefficient (Wildman–Crippen LogP) is 2.47. The first kappa shape index (κ1) is 10.8. The largest absolute Gasteiger partial charge is 0.477 e. The number of aromatic carboxylic acids is 1. The van der Waals surface area contributed by atoms with Crippen molar-refractivity contribution in [1.29, 1.82) is 0 Å². The zero-order chi connectivity index (χ0) is 11.7. The molecule has 16 heavy (non-hydrogen) atoms. The third-order valence-electron chi connectivity index (χ3n) is 2.02. The number of hydrogen-bond acceptors (Lipinski definition) is 2. The molecule has 0 radical (unpaired) electrons. The van der Waals surface area contributed by atoms with E-state index in [-0.39, 0.29) is 0 Å². The molecular weight excluding hydrogens is 279 g/mol. The highest BCUT2D eigenvalue weighted by Crippen LogP contribution is 2.21. The summed E-state index contributed by atoms with van der Waals surface area (Å²) in [5, 5.41) is 12.4. The Hall–Kier alpha value is -1.69. The molecule has 0 aliphatic heterocycles. The molecule has 0 unspecified atom stereocenters. The quantitative estimate of drug-likeness (QED) is 0.922. The molecule has 2 rings (SSSR count). The molecule has 82 valence electrons. The van der Waals surface area contributed by atoms with Gasteiger partial charge in [-0.3, -0.25) is 0 Å². The molecule has 0 fully saturated rings. The molecule has 0 spiro atoms. The normalized spacial score (nSPS) is 10.4. The van der Waals surface area contributed by atoms with Gasteiger partial charge in [-0.25, -0.2) is 9.48 Å². The number of halogens is 2. The summed E-state index contributed by atoms with van der Waals surface area (Å²) in [7, 11) is 0. The summed E-state index contributed by atoms with van der Waals surface area (Å²) >= 11 is 3.24. The Morgan fingerprint density at radius 1 is 1.44 bits per heavy atom. The number of benzene rings is 1. The highest BCUT2D eigenvalue weighted by Gasteiger charge is 2.18. The Morgan fingerprint density at radius 3 is 2.69 bits per heavy atom. The summed E-state index contributed by atoms with van der Waals surface area (Å²) in [5.41, 5.74) is 0.00301. The molecule has 1 aromatic heterocycles. The smallest absolute Gasteiger partial charge is 0.342 e. The molecule has 0 amide bonds. The van der Waals surface area contributed by atoms with E-state index in [2.05, 4.69) is 21.0 Å². The summed E-state index contributed by atoms with van der Waals surface area (Å²) in [6, 6.07) is 6.83. The van der Waals surface area contributed by atoms with E-state index in [1.54, 1.807) is 24.3 Å². The van der Waals surface area contributed by atoms with Crippen molar-refractivity contribution in [3.05, 3.63) is 46.4 Å². The molecule has 4 nitrogen and oxygen atoms in total. The number of para-hydroxylation sites is 1. The van der Waals surface area contributed by atoms with Crippen molar-refractivity contribution in [2.24, 2.45) is 0 Å². The SMILES string of the molecule is O=C(O)c1cnn(-c2ccccc2Br)c1F. The minimum Gasteiger partial charge on any atom is -0.477 e. The number of carboxylic acid groups (broad SMARTS) is 1. The Morgan fingerprint density at radius 2 is 2.12 bits per heavy atom. The van der Waals surface area contributed by atoms with Crippen molar-refractivity contribution < 1.29 is 14.3 Å². The van der Waals surface area contributed by atoms with Crippen molar-refractivity contribution >= 4 is 21.9 Å². The van der Waals surface area contributed by atoms with Gasteiger partial charge in [0, 0.05) is 4.47 Å². The molecule has 0 aliphatic carbocycles. The molecule has 6 heteroatoms. The first-order valence-corrected chi connectivity index (χ1v) is 5.12. The van der Waals surface area contributed by atoms with E-state index in [0.29, 0.717) is 10.2 Å². The summed E-state index contributed by atoms with van der Waals surface area (Å²) < 4.78 is 15.2. The Labute approximate surface area is 98.4 Å². The van der Waals surface area contributed by atoms with Crippen molar-refractivity contribution in [3.8, 4) is 5.69 Å². The zero-order valence-electron chi connectivity index (χ0n) is 7.89. The first-order valence-electron chi connectivity index (χ1n) is 4.33. The van der Waals surface area contributed by atoms with E-state index in [0.717, 1.165) is 10.9 Å². The van der Waals surface area contributed by atoms with Gasteiger partial charge in [-0.2, -0.15) is 9.49 Å². The maximum Gasteiger partial charge on any atom is 0.342 e. The van der Waals surface area contributed by atoms with Crippen molar-refractivity contribution in [3.63, 3.8) is 0 Å². The maximum absolute atomic E-state index is 13.6. The lowest BCUT2D eigenvalue weighted by Gasteiger charge is -2.04. The van der Waals surface area contributed by atoms with Gasteiger partial charge in [0.2, 0.25) is 5.95 Å². The van der Waals surface area contributed by atoms with Crippen LogP contribution in [-0.4, -0.2) is 20.9 Å². The second kappa shape index (κ2) is 4.05. The van der Waals surface area contributed by atoms with Gasteiger partial charge in [0.25, 0.3) is 0 Å². The average Bonchev–Trinajstić information content (AvgIpc) is 2.61. The summed E-state index contributed by atoms with van der Waals surface area (Å²) in [6.07, 6.45) is 0.983. The van der Waals surface area contributed by atoms with Gasteiger partial charge in [0.1, 0.15) is 5.56 Å². The van der Waals surface area contributed by atoms with Gasteiger partial charge in [0.15, 0.2) is 0 Å². The van der Waals surface area contributed by atoms with E-state index >= 15 is 0 Å². The number of aromatic nitrogens is 2. The minimum absolute atomic E-state index is 0.448. The minimum atomic E-state index is -1.34. The molecule has 2 aromatic rings. The predicted molar refractivity (Wildman–Crippen MR) is 58.2 cm³/mol. The molecule has 1 heterocycles. The fourth-order valence-electron chi connectivity index (χ4n) is 1.27. The van der Waals surface area contributed by atoms with Crippen molar-refractivity contribution in [1.82, 2.24) is 9.78 Å². The standard InChI is InChI=1S/C10H6BrFN2O2/c11-7-3-1-2-4-8(7)14-9(12)6(5-13-14)10(15)16/h1-5H,(H,15,16). The van der Waals surface area contributed by atoms with Crippen LogP contribution in [0.5, 0.6) is 0 Å². The van der Waals surface area contributed by atoms with Crippen LogP contribution in [0.2, 0.25) is 0 Å². The monoisotopic (exact) mass is 284 g/mol. The second-order valence-corrected chi connectivity index (χ2v) is 3.87. The lowest BCUT2D eigenvalue weighted by atomic mass is 10.3. The van der Waals surface area contributed by atoms with Crippen LogP contribution in [-0.2, 0) is 0 Å². The Bertz CT molecular complexity index is 554. The Balaban J connectivity index is 2.58. The summed E-state index contributed by atoms with van der Waals surface area (Å²) in [5.74, 6) is -2.23. The molecule has 0 aliphatic rings. The van der Waals surface area contributed by atoms with Crippen LogP contribution >= 0.6 is 15.9 Å². The van der Waals surface area contributed by atoms with E-state index in [1.165, 1.54) is 0 Å². The first-order chi connectivity index (χ1) is 7.61. The summed E-state index contributed by atoms with van der Waals surface area (Å²) in [4.78, 5) is 10.6. The van der Waals surface area contributed by atoms with E-state index in [1.807, 2.05) is 0 Å². The van der Waals surface area contributed by atoms with Crippen LogP contribution < -0.4 is 0 Å². The van der Waals surface area contributed by atoms with Crippen molar-refractivity contribution in [2.45, 2.75) is 0 Å². The van der Waals surface area contributed by atoms with Crippen LogP contribution in [0.3, 0.4) is 0 Å². The van der Waals surface area contributed by atoms with Gasteiger partial charge in [-0.1, -0.05) is 12.1 Å². The van der Waals surface area contributed by atoms with Crippen LogP contribution in [0.25, 0.3) is 5.69 Å². The molecule has 0 atom stereocenters. The Kier molecular flexibility index (Phi) is 2.74. The molecule has 1 aromatic carbocycles. The van der Waals surface area contributed by atoms with E-state index in [9.17, 15) is 9.18 Å². The van der Waals surface area contributed by atoms with Gasteiger partial charge < -0.3 is 5.11 Å². The van der Waals surface area contributed by atoms with Crippen LogP contribution in [0.15, 0.2) is 34.9 Å². The van der Waals surface area contributed by atoms with Crippen molar-refractivity contribution in [2.75, 3.05) is 0 Å². The number of carboxylic acids is 1. The highest BCUT2D eigenvalue weighted by atomic mass is 79.9. The number of carbonyl (C=O) groups is 1. The topological polar surface area (TPSA) is 55.1 Å². The third kappa shape index (κ3) is 1.71. The fourth-order valence-corrected chi connectivity index (χ4v) is 1.72. The number of rotatable bonds is 2. The zero-order valence-corrected chi connectivity index (χ0v) is 9.48. The van der Waals surface area contributed by atoms with E-state index in [4.69, 9.17) is 5.11 Å². The van der Waals surface area contributed by atoms with E-state index < -0.39 is 17.5 Å². The van der Waals surface area contributed by atoms with Crippen LogP contribution in [0.1, 0.15) is 10.4 Å². The molecule has 0 bridgehead atoms. The second-order valence-electron chi connectivity index (χ2n) is 3.02. The molecule has 0 saturated heterocycles. The van der Waals surface area contributed by atoms with Crippen LogP contribution in [0, 0.1) is 5.95 Å². The third-order valence-corrected chi connectivity index (χ3v) is 2.69. The lowest BCUT2D eigenvalue weighted by Crippen LogP contribution is -2.04. The molecule has 1 N–H and O–H groups in total. The van der Waals surface area contributed by atoms with Gasteiger partial charge >= 0.3 is 5.97 Å². The fraction of sp³-hybridized carbons (Fsp3) is 0. The maximum atomic E-state index is 13.6. The summed E-state index contributed by atoms with van der Waals surface area (Å²) in [6.45, 7) is 0. The lowest BCUT2D eigenvalue weighted by molar-refractivity contribution is 0.0691. The number of nitrogens with zero attached hydrogens (tertiary/aromatic N) is 2. The van der Waals surface area contributed by atoms with Crippen LogP contribution in [0.4, 0.5) is 4.39 Å².